The van der Waals surface area contributed by atoms with Crippen LogP contribution in [0.25, 0.3) is 0 Å². The van der Waals surface area contributed by atoms with Gasteiger partial charge in [-0.2, -0.15) is 0 Å². The highest BCUT2D eigenvalue weighted by molar-refractivity contribution is 5.30. The van der Waals surface area contributed by atoms with Gasteiger partial charge < -0.3 is 5.11 Å². The monoisotopic (exact) mass is 202 g/mol. The second-order valence-electron chi connectivity index (χ2n) is 5.16. The number of hydrogen-bond acceptors (Lipinski definition) is 1. The molecule has 1 nitrogen and oxygen atoms in total. The van der Waals surface area contributed by atoms with Crippen LogP contribution in [0.2, 0.25) is 0 Å². The molecule has 0 amide bonds. The van der Waals surface area contributed by atoms with E-state index >= 15 is 0 Å². The van der Waals surface area contributed by atoms with Crippen LogP contribution in [0, 0.1) is 5.92 Å². The molecule has 1 heteroatoms. The van der Waals surface area contributed by atoms with Gasteiger partial charge in [-0.25, -0.2) is 0 Å². The topological polar surface area (TPSA) is 20.2 Å². The normalized spacial score (nSPS) is 25.7. The molecular weight excluding hydrogens is 184 g/mol. The van der Waals surface area contributed by atoms with Crippen LogP contribution in [-0.4, -0.2) is 11.2 Å². The summed E-state index contributed by atoms with van der Waals surface area (Å²) in [6, 6.07) is 10.6. The van der Waals surface area contributed by atoms with Gasteiger partial charge in [-0.05, 0) is 37.2 Å². The van der Waals surface area contributed by atoms with E-state index in [0.717, 1.165) is 0 Å². The smallest absolute Gasteiger partial charge is 0.0664 e. The van der Waals surface area contributed by atoms with Gasteiger partial charge in [0.1, 0.15) is 0 Å². The molecular formula is C14H18O. The van der Waals surface area contributed by atoms with E-state index < -0.39 is 0 Å². The van der Waals surface area contributed by atoms with Gasteiger partial charge in [0, 0.05) is 5.41 Å². The third-order valence-corrected chi connectivity index (χ3v) is 4.23. The van der Waals surface area contributed by atoms with E-state index in [1.165, 1.54) is 37.7 Å². The van der Waals surface area contributed by atoms with E-state index in [1.807, 2.05) is 0 Å². The van der Waals surface area contributed by atoms with Gasteiger partial charge in [0.05, 0.1) is 6.10 Å². The Morgan fingerprint density at radius 1 is 1.13 bits per heavy atom. The van der Waals surface area contributed by atoms with Gasteiger partial charge in [0.2, 0.25) is 0 Å². The zero-order valence-corrected chi connectivity index (χ0v) is 9.02. The lowest BCUT2D eigenvalue weighted by atomic mass is 9.60. The first-order valence-corrected chi connectivity index (χ1v) is 6.06. The predicted octanol–water partition coefficient (Wildman–Crippen LogP) is 2.88. The first kappa shape index (κ1) is 9.41. The van der Waals surface area contributed by atoms with Crippen LogP contribution >= 0.6 is 0 Å². The highest BCUT2D eigenvalue weighted by Gasteiger charge is 2.50. The molecule has 3 rings (SSSR count). The van der Waals surface area contributed by atoms with Crippen molar-refractivity contribution in [3.05, 3.63) is 35.9 Å². The minimum atomic E-state index is -0.0892. The maximum Gasteiger partial charge on any atom is 0.0664 e. The number of benzene rings is 1. The summed E-state index contributed by atoms with van der Waals surface area (Å²) < 4.78 is 0. The molecule has 1 unspecified atom stereocenters. The van der Waals surface area contributed by atoms with E-state index in [9.17, 15) is 5.11 Å². The number of rotatable bonds is 3. The maximum absolute atomic E-state index is 10.4. The molecule has 2 aliphatic carbocycles. The molecule has 1 atom stereocenters. The highest BCUT2D eigenvalue weighted by atomic mass is 16.3. The van der Waals surface area contributed by atoms with Crippen molar-refractivity contribution in [1.29, 1.82) is 0 Å². The van der Waals surface area contributed by atoms with Crippen molar-refractivity contribution in [2.45, 2.75) is 43.6 Å². The highest BCUT2D eigenvalue weighted by Crippen LogP contribution is 2.52. The van der Waals surface area contributed by atoms with Crippen molar-refractivity contribution in [3.8, 4) is 0 Å². The van der Waals surface area contributed by atoms with Crippen molar-refractivity contribution in [2.75, 3.05) is 0 Å². The molecule has 0 heterocycles. The Morgan fingerprint density at radius 3 is 2.27 bits per heavy atom. The van der Waals surface area contributed by atoms with E-state index in [2.05, 4.69) is 30.3 Å². The van der Waals surface area contributed by atoms with Gasteiger partial charge in [-0.15, -0.1) is 0 Å². The van der Waals surface area contributed by atoms with E-state index in [4.69, 9.17) is 0 Å². The van der Waals surface area contributed by atoms with Gasteiger partial charge in [-0.1, -0.05) is 36.8 Å². The minimum Gasteiger partial charge on any atom is -0.392 e. The van der Waals surface area contributed by atoms with Crippen LogP contribution in [0.1, 0.15) is 37.7 Å². The van der Waals surface area contributed by atoms with Gasteiger partial charge in [0.15, 0.2) is 0 Å². The molecule has 0 aromatic heterocycles. The molecule has 0 bridgehead atoms. The van der Waals surface area contributed by atoms with Crippen molar-refractivity contribution in [3.63, 3.8) is 0 Å². The summed E-state index contributed by atoms with van der Waals surface area (Å²) in [7, 11) is 0. The molecule has 0 spiro atoms. The fraction of sp³-hybridized carbons (Fsp3) is 0.571. The second-order valence-corrected chi connectivity index (χ2v) is 5.16. The Labute approximate surface area is 91.1 Å². The number of aliphatic hydroxyl groups excluding tert-OH is 1. The lowest BCUT2D eigenvalue weighted by Crippen LogP contribution is -2.46. The molecule has 0 radical (unpaired) electrons. The van der Waals surface area contributed by atoms with Crippen LogP contribution in [-0.2, 0) is 5.41 Å². The number of aliphatic hydroxyl groups is 1. The summed E-state index contributed by atoms with van der Waals surface area (Å²) in [5, 5.41) is 10.4. The molecule has 0 saturated heterocycles. The molecule has 0 aliphatic heterocycles. The van der Waals surface area contributed by atoms with E-state index in [-0.39, 0.29) is 11.5 Å². The maximum atomic E-state index is 10.4. The average molecular weight is 202 g/mol. The van der Waals surface area contributed by atoms with Crippen LogP contribution in [0.15, 0.2) is 30.3 Å². The predicted molar refractivity (Wildman–Crippen MR) is 60.7 cm³/mol. The van der Waals surface area contributed by atoms with Gasteiger partial charge >= 0.3 is 0 Å². The van der Waals surface area contributed by atoms with Crippen LogP contribution in [0.3, 0.4) is 0 Å². The molecule has 2 fully saturated rings. The van der Waals surface area contributed by atoms with Crippen LogP contribution in [0.5, 0.6) is 0 Å². The second kappa shape index (κ2) is 3.34. The van der Waals surface area contributed by atoms with Gasteiger partial charge in [0.25, 0.3) is 0 Å². The lowest BCUT2D eigenvalue weighted by Gasteiger charge is -2.46. The molecule has 1 N–H and O–H groups in total. The molecule has 80 valence electrons. The van der Waals surface area contributed by atoms with Crippen molar-refractivity contribution in [2.24, 2.45) is 5.92 Å². The Balaban J connectivity index is 1.91. The fourth-order valence-corrected chi connectivity index (χ4v) is 2.95. The van der Waals surface area contributed by atoms with Crippen molar-refractivity contribution < 1.29 is 5.11 Å². The minimum absolute atomic E-state index is 0.0892. The third-order valence-electron chi connectivity index (χ3n) is 4.23. The van der Waals surface area contributed by atoms with E-state index in [0.29, 0.717) is 5.92 Å². The summed E-state index contributed by atoms with van der Waals surface area (Å²) in [5.41, 5.74) is 1.47. The van der Waals surface area contributed by atoms with Crippen molar-refractivity contribution in [1.82, 2.24) is 0 Å². The van der Waals surface area contributed by atoms with E-state index in [1.54, 1.807) is 0 Å². The first-order valence-electron chi connectivity index (χ1n) is 6.06. The molecule has 1 aromatic carbocycles. The Bertz CT molecular complexity index is 336. The van der Waals surface area contributed by atoms with Crippen LogP contribution in [0.4, 0.5) is 0 Å². The molecule has 1 aromatic rings. The Morgan fingerprint density at radius 2 is 1.80 bits per heavy atom. The molecule has 15 heavy (non-hydrogen) atoms. The number of hydrogen-bond donors (Lipinski definition) is 1. The molecule has 2 saturated carbocycles. The quantitative estimate of drug-likeness (QED) is 0.799. The fourth-order valence-electron chi connectivity index (χ4n) is 2.95. The van der Waals surface area contributed by atoms with Crippen molar-refractivity contribution >= 4 is 0 Å². The largest absolute Gasteiger partial charge is 0.392 e. The summed E-state index contributed by atoms with van der Waals surface area (Å²) in [4.78, 5) is 0. The Hall–Kier alpha value is -0.820. The molecule has 2 aliphatic rings. The SMILES string of the molecule is OC(C1CC1)C1(c2ccccc2)CCC1. The summed E-state index contributed by atoms with van der Waals surface area (Å²) in [5.74, 6) is 0.588. The lowest BCUT2D eigenvalue weighted by molar-refractivity contribution is 0.0124. The van der Waals surface area contributed by atoms with Gasteiger partial charge in [-0.3, -0.25) is 0 Å². The van der Waals surface area contributed by atoms with Crippen LogP contribution < -0.4 is 0 Å². The first-order chi connectivity index (χ1) is 7.33. The standard InChI is InChI=1S/C14H18O/c15-13(11-7-8-11)14(9-4-10-14)12-5-2-1-3-6-12/h1-3,5-6,11,13,15H,4,7-10H2. The summed E-state index contributed by atoms with van der Waals surface area (Å²) in [6.45, 7) is 0. The third kappa shape index (κ3) is 1.41. The zero-order chi connectivity index (χ0) is 10.3. The Kier molecular flexibility index (Phi) is 2.10. The average Bonchev–Trinajstić information content (AvgIpc) is 3.00. The summed E-state index contributed by atoms with van der Waals surface area (Å²) in [6.07, 6.45) is 6.00. The zero-order valence-electron chi connectivity index (χ0n) is 9.02. The summed E-state index contributed by atoms with van der Waals surface area (Å²) >= 11 is 0.